The van der Waals surface area contributed by atoms with Crippen LogP contribution in [0.5, 0.6) is 5.75 Å². The number of hydrogen-bond donors (Lipinski definition) is 1. The maximum atomic E-state index is 12.2. The summed E-state index contributed by atoms with van der Waals surface area (Å²) in [7, 11) is 0. The maximum absolute atomic E-state index is 12.2. The lowest BCUT2D eigenvalue weighted by atomic mass is 10.0. The lowest BCUT2D eigenvalue weighted by molar-refractivity contribution is -0.145. The summed E-state index contributed by atoms with van der Waals surface area (Å²) in [6.07, 6.45) is 3.30. The van der Waals surface area contributed by atoms with Crippen LogP contribution in [0.2, 0.25) is 0 Å². The van der Waals surface area contributed by atoms with Gasteiger partial charge in [-0.15, -0.1) is 0 Å². The summed E-state index contributed by atoms with van der Waals surface area (Å²) in [6.45, 7) is 5.79. The van der Waals surface area contributed by atoms with Crippen molar-refractivity contribution >= 4 is 16.9 Å². The van der Waals surface area contributed by atoms with Gasteiger partial charge in [0.05, 0.1) is 0 Å². The Morgan fingerprint density at radius 1 is 1.29 bits per heavy atom. The molecule has 0 bridgehead atoms. The van der Waals surface area contributed by atoms with Crippen molar-refractivity contribution in [3.8, 4) is 5.75 Å². The molecule has 1 atom stereocenters. The zero-order chi connectivity index (χ0) is 17.7. The smallest absolute Gasteiger partial charge is 0.344 e. The van der Waals surface area contributed by atoms with Gasteiger partial charge in [-0.25, -0.2) is 9.59 Å². The highest BCUT2D eigenvalue weighted by atomic mass is 16.5. The van der Waals surface area contributed by atoms with E-state index in [-0.39, 0.29) is 5.63 Å². The molecule has 0 fully saturated rings. The van der Waals surface area contributed by atoms with Crippen LogP contribution < -0.4 is 10.4 Å². The number of benzene rings is 1. The van der Waals surface area contributed by atoms with Crippen LogP contribution in [0.4, 0.5) is 0 Å². The Bertz CT molecular complexity index is 775. The second-order valence-corrected chi connectivity index (χ2v) is 5.96. The van der Waals surface area contributed by atoms with Crippen LogP contribution >= 0.6 is 0 Å². The molecule has 5 heteroatoms. The van der Waals surface area contributed by atoms with Crippen LogP contribution in [0.3, 0.4) is 0 Å². The van der Waals surface area contributed by atoms with Gasteiger partial charge in [-0.05, 0) is 43.9 Å². The van der Waals surface area contributed by atoms with Gasteiger partial charge >= 0.3 is 11.6 Å². The lowest BCUT2D eigenvalue weighted by Crippen LogP contribution is -2.25. The normalized spacial score (nSPS) is 12.3. The van der Waals surface area contributed by atoms with E-state index < -0.39 is 12.1 Å². The number of hydrogen-bond acceptors (Lipinski definition) is 4. The molecule has 0 saturated carbocycles. The van der Waals surface area contributed by atoms with Gasteiger partial charge in [0, 0.05) is 17.0 Å². The first-order valence-corrected chi connectivity index (χ1v) is 8.43. The molecule has 5 nitrogen and oxygen atoms in total. The Balaban J connectivity index is 2.35. The van der Waals surface area contributed by atoms with Crippen molar-refractivity contribution < 1.29 is 19.1 Å². The molecular weight excluding hydrogens is 308 g/mol. The molecular formula is C19H24O5. The number of rotatable bonds is 8. The van der Waals surface area contributed by atoms with Crippen LogP contribution in [0.15, 0.2) is 27.4 Å². The van der Waals surface area contributed by atoms with Gasteiger partial charge in [0.15, 0.2) is 6.10 Å². The summed E-state index contributed by atoms with van der Waals surface area (Å²) in [6, 6.07) is 5.13. The fourth-order valence-electron chi connectivity index (χ4n) is 2.76. The predicted molar refractivity (Wildman–Crippen MR) is 92.8 cm³/mol. The Hall–Kier alpha value is -2.30. The molecule has 1 N–H and O–H groups in total. The van der Waals surface area contributed by atoms with E-state index in [1.807, 2.05) is 13.0 Å². The van der Waals surface area contributed by atoms with Gasteiger partial charge in [0.1, 0.15) is 11.3 Å². The number of carbonyl (C=O) groups is 1. The molecule has 1 aromatic carbocycles. The number of unbranched alkanes of at least 4 members (excludes halogenated alkanes) is 2. The SMILES string of the molecule is CCCCCc1c(C)c2ccc(OC(CC)C(=O)O)cc2oc1=O. The third-order valence-corrected chi connectivity index (χ3v) is 4.21. The molecule has 2 aromatic rings. The first kappa shape index (κ1) is 18.0. The molecule has 24 heavy (non-hydrogen) atoms. The minimum absolute atomic E-state index is 0.321. The molecule has 0 saturated heterocycles. The minimum Gasteiger partial charge on any atom is -0.479 e. The topological polar surface area (TPSA) is 76.7 Å². The summed E-state index contributed by atoms with van der Waals surface area (Å²) in [5.74, 6) is -0.625. The molecule has 0 aliphatic heterocycles. The molecule has 1 heterocycles. The van der Waals surface area contributed by atoms with Crippen molar-refractivity contribution in [1.29, 1.82) is 0 Å². The number of carboxylic acids is 1. The van der Waals surface area contributed by atoms with Gasteiger partial charge < -0.3 is 14.3 Å². The average molecular weight is 332 g/mol. The van der Waals surface area contributed by atoms with Crippen LogP contribution in [0.1, 0.15) is 50.7 Å². The van der Waals surface area contributed by atoms with Gasteiger partial charge in [-0.1, -0.05) is 26.7 Å². The lowest BCUT2D eigenvalue weighted by Gasteiger charge is -2.14. The Morgan fingerprint density at radius 2 is 2.04 bits per heavy atom. The average Bonchev–Trinajstić information content (AvgIpc) is 2.55. The van der Waals surface area contributed by atoms with Gasteiger partial charge in [-0.3, -0.25) is 0 Å². The van der Waals surface area contributed by atoms with E-state index in [0.29, 0.717) is 24.2 Å². The number of fused-ring (bicyclic) bond motifs is 1. The number of carboxylic acid groups (broad SMARTS) is 1. The van der Waals surface area contributed by atoms with Crippen LogP contribution in [-0.4, -0.2) is 17.2 Å². The number of ether oxygens (including phenoxy) is 1. The van der Waals surface area contributed by atoms with E-state index in [1.54, 1.807) is 19.1 Å². The molecule has 130 valence electrons. The van der Waals surface area contributed by atoms with Crippen LogP contribution in [-0.2, 0) is 11.2 Å². The van der Waals surface area contributed by atoms with E-state index in [2.05, 4.69) is 6.92 Å². The summed E-state index contributed by atoms with van der Waals surface area (Å²) in [4.78, 5) is 23.3. The van der Waals surface area contributed by atoms with Crippen molar-refractivity contribution in [3.05, 3.63) is 39.7 Å². The van der Waals surface area contributed by atoms with Gasteiger partial charge in [0.2, 0.25) is 0 Å². The first-order chi connectivity index (χ1) is 11.5. The molecule has 0 aliphatic rings. The van der Waals surface area contributed by atoms with Crippen LogP contribution in [0, 0.1) is 6.92 Å². The Kier molecular flexibility index (Phi) is 6.01. The summed E-state index contributed by atoms with van der Waals surface area (Å²) in [5, 5.41) is 9.93. The fourth-order valence-corrected chi connectivity index (χ4v) is 2.76. The summed E-state index contributed by atoms with van der Waals surface area (Å²) >= 11 is 0. The number of aliphatic carboxylic acids is 1. The molecule has 2 rings (SSSR count). The molecule has 1 aromatic heterocycles. The molecule has 0 radical (unpaired) electrons. The zero-order valence-corrected chi connectivity index (χ0v) is 14.4. The van der Waals surface area contributed by atoms with Crippen LogP contribution in [0.25, 0.3) is 11.0 Å². The second kappa shape index (κ2) is 7.99. The molecule has 0 amide bonds. The highest BCUT2D eigenvalue weighted by molar-refractivity contribution is 5.82. The molecule has 0 aliphatic carbocycles. The van der Waals surface area contributed by atoms with Crippen molar-refractivity contribution in [3.63, 3.8) is 0 Å². The Morgan fingerprint density at radius 3 is 2.67 bits per heavy atom. The third kappa shape index (κ3) is 3.96. The van der Waals surface area contributed by atoms with Gasteiger partial charge in [0.25, 0.3) is 0 Å². The third-order valence-electron chi connectivity index (χ3n) is 4.21. The minimum atomic E-state index is -1.01. The summed E-state index contributed by atoms with van der Waals surface area (Å²) < 4.78 is 10.9. The van der Waals surface area contributed by atoms with Crippen molar-refractivity contribution in [2.45, 2.75) is 59.0 Å². The summed E-state index contributed by atoms with van der Waals surface area (Å²) in [5.41, 5.74) is 1.75. The van der Waals surface area contributed by atoms with E-state index >= 15 is 0 Å². The highest BCUT2D eigenvalue weighted by Crippen LogP contribution is 2.25. The van der Waals surface area contributed by atoms with Gasteiger partial charge in [-0.2, -0.15) is 0 Å². The monoisotopic (exact) mass is 332 g/mol. The maximum Gasteiger partial charge on any atom is 0.344 e. The van der Waals surface area contributed by atoms with E-state index in [0.717, 1.165) is 35.8 Å². The highest BCUT2D eigenvalue weighted by Gasteiger charge is 2.18. The largest absolute Gasteiger partial charge is 0.479 e. The van der Waals surface area contributed by atoms with E-state index in [1.165, 1.54) is 0 Å². The Labute approximate surface area is 141 Å². The quantitative estimate of drug-likeness (QED) is 0.582. The van der Waals surface area contributed by atoms with Crippen molar-refractivity contribution in [1.82, 2.24) is 0 Å². The molecule has 1 unspecified atom stereocenters. The van der Waals surface area contributed by atoms with E-state index in [9.17, 15) is 9.59 Å². The zero-order valence-electron chi connectivity index (χ0n) is 14.4. The number of aryl methyl sites for hydroxylation is 1. The fraction of sp³-hybridized carbons (Fsp3) is 0.474. The van der Waals surface area contributed by atoms with Crippen molar-refractivity contribution in [2.24, 2.45) is 0 Å². The first-order valence-electron chi connectivity index (χ1n) is 8.43. The predicted octanol–water partition coefficient (Wildman–Crippen LogP) is 4.08. The van der Waals surface area contributed by atoms with E-state index in [4.69, 9.17) is 14.3 Å². The molecule has 0 spiro atoms. The van der Waals surface area contributed by atoms with Crippen molar-refractivity contribution in [2.75, 3.05) is 0 Å². The second-order valence-electron chi connectivity index (χ2n) is 5.96. The standard InChI is InChI=1S/C19H24O5/c1-4-6-7-8-15-12(3)14-10-9-13(11-17(14)24-19(15)22)23-16(5-2)18(20)21/h9-11,16H,4-8H2,1-3H3,(H,20,21).